The quantitative estimate of drug-likeness (QED) is 0.473. The Morgan fingerprint density at radius 3 is 2.53 bits per heavy atom. The summed E-state index contributed by atoms with van der Waals surface area (Å²) in [5, 5.41) is 3.35. The van der Waals surface area contributed by atoms with Gasteiger partial charge in [0.05, 0.1) is 23.4 Å². The van der Waals surface area contributed by atoms with Gasteiger partial charge in [-0.1, -0.05) is 11.3 Å². The molecule has 180 valence electrons. The van der Waals surface area contributed by atoms with Crippen molar-refractivity contribution in [1.29, 1.82) is 0 Å². The Kier molecular flexibility index (Phi) is 7.84. The molecule has 0 unspecified atom stereocenters. The highest BCUT2D eigenvalue weighted by Gasteiger charge is 2.19. The zero-order valence-corrected chi connectivity index (χ0v) is 20.3. The molecule has 1 aliphatic rings. The van der Waals surface area contributed by atoms with Gasteiger partial charge in [-0.3, -0.25) is 14.9 Å². The van der Waals surface area contributed by atoms with Crippen LogP contribution in [0, 0.1) is 0 Å². The first-order valence-electron chi connectivity index (χ1n) is 11.6. The highest BCUT2D eigenvalue weighted by molar-refractivity contribution is 7.22. The predicted molar refractivity (Wildman–Crippen MR) is 132 cm³/mol. The number of nitrogens with one attached hydrogen (secondary N) is 1. The summed E-state index contributed by atoms with van der Waals surface area (Å²) in [5.74, 6) is 1.29. The van der Waals surface area contributed by atoms with E-state index in [4.69, 9.17) is 14.2 Å². The summed E-state index contributed by atoms with van der Waals surface area (Å²) in [6, 6.07) is 10.6. The van der Waals surface area contributed by atoms with Gasteiger partial charge in [-0.25, -0.2) is 4.98 Å². The van der Waals surface area contributed by atoms with Crippen LogP contribution in [-0.4, -0.2) is 54.6 Å². The lowest BCUT2D eigenvalue weighted by atomic mass is 10.1. The monoisotopic (exact) mass is 483 g/mol. The molecule has 0 atom stereocenters. The van der Waals surface area contributed by atoms with E-state index in [1.54, 1.807) is 18.2 Å². The van der Waals surface area contributed by atoms with E-state index in [2.05, 4.69) is 10.3 Å². The number of anilines is 1. The minimum absolute atomic E-state index is 0.0349. The zero-order valence-electron chi connectivity index (χ0n) is 19.5. The van der Waals surface area contributed by atoms with E-state index in [9.17, 15) is 9.59 Å². The summed E-state index contributed by atoms with van der Waals surface area (Å²) < 4.78 is 17.9. The Hall–Kier alpha value is -3.33. The SMILES string of the molecule is CCOc1ccc2nc(NC(=O)c3ccc(OCC(=O)N4CCCCC4)c(OCC)c3)sc2c1. The third kappa shape index (κ3) is 5.77. The predicted octanol–water partition coefficient (Wildman–Crippen LogP) is 4.74. The molecular formula is C25H29N3O5S. The number of carbonyl (C=O) groups excluding carboxylic acids is 2. The number of hydrogen-bond donors (Lipinski definition) is 1. The number of likely N-dealkylation sites (tertiary alicyclic amines) is 1. The van der Waals surface area contributed by atoms with Gasteiger partial charge in [0, 0.05) is 18.7 Å². The molecule has 0 spiro atoms. The largest absolute Gasteiger partial charge is 0.494 e. The van der Waals surface area contributed by atoms with Crippen LogP contribution in [0.15, 0.2) is 36.4 Å². The first kappa shape index (κ1) is 23.8. The van der Waals surface area contributed by atoms with E-state index in [0.29, 0.717) is 35.4 Å². The molecule has 1 fully saturated rings. The Bertz CT molecular complexity index is 1160. The summed E-state index contributed by atoms with van der Waals surface area (Å²) in [6.45, 7) is 6.27. The van der Waals surface area contributed by atoms with E-state index in [-0.39, 0.29) is 18.4 Å². The van der Waals surface area contributed by atoms with Crippen LogP contribution < -0.4 is 19.5 Å². The van der Waals surface area contributed by atoms with Crippen molar-refractivity contribution in [3.05, 3.63) is 42.0 Å². The van der Waals surface area contributed by atoms with Crippen LogP contribution in [0.3, 0.4) is 0 Å². The molecule has 2 aromatic carbocycles. The van der Waals surface area contributed by atoms with E-state index >= 15 is 0 Å². The Labute approximate surface area is 202 Å². The maximum Gasteiger partial charge on any atom is 0.260 e. The lowest BCUT2D eigenvalue weighted by Gasteiger charge is -2.26. The summed E-state index contributed by atoms with van der Waals surface area (Å²) in [6.07, 6.45) is 3.22. The molecule has 1 N–H and O–H groups in total. The average Bonchev–Trinajstić information content (AvgIpc) is 3.25. The molecule has 9 heteroatoms. The molecule has 0 radical (unpaired) electrons. The fraction of sp³-hybridized carbons (Fsp3) is 0.400. The summed E-state index contributed by atoms with van der Waals surface area (Å²) in [5.41, 5.74) is 1.20. The second-order valence-electron chi connectivity index (χ2n) is 7.86. The second-order valence-corrected chi connectivity index (χ2v) is 8.89. The number of benzene rings is 2. The van der Waals surface area contributed by atoms with E-state index in [0.717, 1.165) is 48.3 Å². The van der Waals surface area contributed by atoms with Crippen molar-refractivity contribution >= 4 is 38.5 Å². The van der Waals surface area contributed by atoms with Crippen molar-refractivity contribution in [2.24, 2.45) is 0 Å². The smallest absolute Gasteiger partial charge is 0.260 e. The minimum Gasteiger partial charge on any atom is -0.494 e. The molecule has 1 aromatic heterocycles. The molecular weight excluding hydrogens is 454 g/mol. The Morgan fingerprint density at radius 2 is 1.76 bits per heavy atom. The molecule has 0 saturated carbocycles. The molecule has 3 aromatic rings. The van der Waals surface area contributed by atoms with Crippen LogP contribution in [0.5, 0.6) is 17.2 Å². The fourth-order valence-electron chi connectivity index (χ4n) is 3.80. The molecule has 34 heavy (non-hydrogen) atoms. The number of nitrogens with zero attached hydrogens (tertiary/aromatic N) is 2. The van der Waals surface area contributed by atoms with Gasteiger partial charge < -0.3 is 19.1 Å². The van der Waals surface area contributed by atoms with Crippen molar-refractivity contribution in [3.8, 4) is 17.2 Å². The number of rotatable bonds is 9. The van der Waals surface area contributed by atoms with Gasteiger partial charge >= 0.3 is 0 Å². The van der Waals surface area contributed by atoms with Crippen LogP contribution in [0.1, 0.15) is 43.5 Å². The highest BCUT2D eigenvalue weighted by Crippen LogP contribution is 2.31. The van der Waals surface area contributed by atoms with Crippen molar-refractivity contribution in [1.82, 2.24) is 9.88 Å². The lowest BCUT2D eigenvalue weighted by molar-refractivity contribution is -0.134. The second kappa shape index (κ2) is 11.2. The van der Waals surface area contributed by atoms with Gasteiger partial charge in [0.1, 0.15) is 5.75 Å². The number of fused-ring (bicyclic) bond motifs is 1. The molecule has 0 bridgehead atoms. The Morgan fingerprint density at radius 1 is 0.971 bits per heavy atom. The molecule has 2 heterocycles. The normalized spacial score (nSPS) is 13.5. The molecule has 1 aliphatic heterocycles. The van der Waals surface area contributed by atoms with E-state index in [1.807, 2.05) is 36.9 Å². The Balaban J connectivity index is 1.43. The van der Waals surface area contributed by atoms with Crippen LogP contribution >= 0.6 is 11.3 Å². The van der Waals surface area contributed by atoms with Gasteiger partial charge in [-0.05, 0) is 69.5 Å². The number of hydrogen-bond acceptors (Lipinski definition) is 7. The minimum atomic E-state index is -0.305. The standard InChI is InChI=1S/C25H29N3O5S/c1-3-31-18-9-10-19-22(15-18)34-25(26-19)27-24(30)17-8-11-20(21(14-17)32-4-2)33-16-23(29)28-12-6-5-7-13-28/h8-11,14-15H,3-7,12-13,16H2,1-2H3,(H,26,27,30). The first-order valence-corrected chi connectivity index (χ1v) is 12.4. The van der Waals surface area contributed by atoms with Gasteiger partial charge in [0.25, 0.3) is 11.8 Å². The number of carbonyl (C=O) groups is 2. The van der Waals surface area contributed by atoms with Crippen molar-refractivity contribution < 1.29 is 23.8 Å². The number of aromatic nitrogens is 1. The average molecular weight is 484 g/mol. The van der Waals surface area contributed by atoms with E-state index < -0.39 is 0 Å². The molecule has 0 aliphatic carbocycles. The maximum absolute atomic E-state index is 12.9. The zero-order chi connectivity index (χ0) is 23.9. The van der Waals surface area contributed by atoms with Crippen LogP contribution in [-0.2, 0) is 4.79 Å². The molecule has 8 nitrogen and oxygen atoms in total. The molecule has 2 amide bonds. The lowest BCUT2D eigenvalue weighted by Crippen LogP contribution is -2.38. The summed E-state index contributed by atoms with van der Waals surface area (Å²) in [7, 11) is 0. The van der Waals surface area contributed by atoms with Crippen molar-refractivity contribution in [3.63, 3.8) is 0 Å². The van der Waals surface area contributed by atoms with E-state index in [1.165, 1.54) is 11.3 Å². The maximum atomic E-state index is 12.9. The van der Waals surface area contributed by atoms with Gasteiger partial charge in [0.2, 0.25) is 0 Å². The first-order chi connectivity index (χ1) is 16.6. The number of amides is 2. The number of piperidine rings is 1. The van der Waals surface area contributed by atoms with Crippen molar-refractivity contribution in [2.75, 3.05) is 38.2 Å². The third-order valence-electron chi connectivity index (χ3n) is 5.46. The summed E-state index contributed by atoms with van der Waals surface area (Å²) in [4.78, 5) is 31.6. The third-order valence-corrected chi connectivity index (χ3v) is 6.39. The molecule has 4 rings (SSSR count). The fourth-order valence-corrected chi connectivity index (χ4v) is 4.68. The number of ether oxygens (including phenoxy) is 3. The van der Waals surface area contributed by atoms with Crippen LogP contribution in [0.25, 0.3) is 10.2 Å². The number of thiazole rings is 1. The van der Waals surface area contributed by atoms with Crippen LogP contribution in [0.4, 0.5) is 5.13 Å². The highest BCUT2D eigenvalue weighted by atomic mass is 32.1. The van der Waals surface area contributed by atoms with Crippen LogP contribution in [0.2, 0.25) is 0 Å². The molecule has 1 saturated heterocycles. The van der Waals surface area contributed by atoms with Gasteiger partial charge in [-0.2, -0.15) is 0 Å². The van der Waals surface area contributed by atoms with Crippen molar-refractivity contribution in [2.45, 2.75) is 33.1 Å². The van der Waals surface area contributed by atoms with Gasteiger partial charge in [-0.15, -0.1) is 0 Å². The van der Waals surface area contributed by atoms with Gasteiger partial charge in [0.15, 0.2) is 23.2 Å². The topological polar surface area (TPSA) is 90.0 Å². The summed E-state index contributed by atoms with van der Waals surface area (Å²) >= 11 is 1.38.